The highest BCUT2D eigenvalue weighted by molar-refractivity contribution is 6.06. The van der Waals surface area contributed by atoms with E-state index >= 15 is 0 Å². The van der Waals surface area contributed by atoms with Gasteiger partial charge in [-0.2, -0.15) is 0 Å². The first kappa shape index (κ1) is 35.0. The molecule has 12 rings (SSSR count). The lowest BCUT2D eigenvalue weighted by molar-refractivity contribution is 0.769. The Hall–Kier alpha value is -7.94. The number of nitrogens with zero attached hydrogens (tertiary/aromatic N) is 2. The van der Waals surface area contributed by atoms with Crippen LogP contribution >= 0.6 is 0 Å². The molecule has 2 heteroatoms. The van der Waals surface area contributed by atoms with Crippen LogP contribution in [0.5, 0.6) is 0 Å². The summed E-state index contributed by atoms with van der Waals surface area (Å²) < 4.78 is 0. The van der Waals surface area contributed by atoms with Crippen molar-refractivity contribution in [3.63, 3.8) is 0 Å². The number of hydrogen-bond donors (Lipinski definition) is 0. The van der Waals surface area contributed by atoms with Crippen molar-refractivity contribution in [2.45, 2.75) is 5.41 Å². The molecule has 0 atom stereocenters. The van der Waals surface area contributed by atoms with E-state index in [4.69, 9.17) is 9.97 Å². The van der Waals surface area contributed by atoms with Crippen LogP contribution < -0.4 is 0 Å². The summed E-state index contributed by atoms with van der Waals surface area (Å²) in [4.78, 5) is 10.4. The zero-order chi connectivity index (χ0) is 40.3. The Morgan fingerprint density at radius 1 is 0.279 bits per heavy atom. The van der Waals surface area contributed by atoms with Crippen molar-refractivity contribution >= 4 is 32.3 Å². The molecule has 1 heterocycles. The first-order valence-corrected chi connectivity index (χ1v) is 21.0. The first-order valence-electron chi connectivity index (χ1n) is 21.0. The van der Waals surface area contributed by atoms with Crippen molar-refractivity contribution in [2.75, 3.05) is 0 Å². The second-order valence-corrected chi connectivity index (χ2v) is 16.1. The highest BCUT2D eigenvalue weighted by Gasteiger charge is 2.46. The van der Waals surface area contributed by atoms with Gasteiger partial charge in [0.1, 0.15) is 0 Å². The molecular weight excluding hydrogens is 737 g/mol. The van der Waals surface area contributed by atoms with E-state index in [0.29, 0.717) is 5.82 Å². The lowest BCUT2D eigenvalue weighted by atomic mass is 9.67. The van der Waals surface area contributed by atoms with Crippen molar-refractivity contribution in [3.8, 4) is 56.2 Å². The molecule has 0 aliphatic heterocycles. The molecular formula is C59H38N2. The van der Waals surface area contributed by atoms with Gasteiger partial charge in [0, 0.05) is 16.7 Å². The fourth-order valence-corrected chi connectivity index (χ4v) is 9.92. The average Bonchev–Trinajstić information content (AvgIpc) is 3.62. The van der Waals surface area contributed by atoms with Crippen LogP contribution in [0.1, 0.15) is 22.3 Å². The molecule has 1 aromatic heterocycles. The largest absolute Gasteiger partial charge is 0.228 e. The topological polar surface area (TPSA) is 25.8 Å². The second kappa shape index (κ2) is 14.1. The first-order chi connectivity index (χ1) is 30.2. The zero-order valence-electron chi connectivity index (χ0n) is 33.3. The third kappa shape index (κ3) is 5.64. The molecule has 10 aromatic carbocycles. The minimum absolute atomic E-state index is 0.478. The van der Waals surface area contributed by atoms with Gasteiger partial charge in [0.2, 0.25) is 0 Å². The van der Waals surface area contributed by atoms with Crippen molar-refractivity contribution in [3.05, 3.63) is 253 Å². The molecule has 0 fully saturated rings. The lowest BCUT2D eigenvalue weighted by Crippen LogP contribution is -2.28. The predicted molar refractivity (Wildman–Crippen MR) is 254 cm³/mol. The maximum Gasteiger partial charge on any atom is 0.160 e. The van der Waals surface area contributed by atoms with E-state index in [1.807, 2.05) is 18.2 Å². The Morgan fingerprint density at radius 3 is 1.51 bits per heavy atom. The van der Waals surface area contributed by atoms with E-state index in [2.05, 4.69) is 212 Å². The fourth-order valence-electron chi connectivity index (χ4n) is 9.92. The maximum atomic E-state index is 5.27. The van der Waals surface area contributed by atoms with Gasteiger partial charge in [-0.1, -0.05) is 200 Å². The summed E-state index contributed by atoms with van der Waals surface area (Å²) in [6.07, 6.45) is 0. The summed E-state index contributed by atoms with van der Waals surface area (Å²) in [6, 6.07) is 83.7. The van der Waals surface area contributed by atoms with Gasteiger partial charge < -0.3 is 0 Å². The van der Waals surface area contributed by atoms with Crippen LogP contribution in [0, 0.1) is 0 Å². The normalized spacial score (nSPS) is 12.7. The summed E-state index contributed by atoms with van der Waals surface area (Å²) in [5, 5.41) is 7.21. The molecule has 0 unspecified atom stereocenters. The van der Waals surface area contributed by atoms with Gasteiger partial charge in [0.15, 0.2) is 5.82 Å². The minimum Gasteiger partial charge on any atom is -0.228 e. The number of fused-ring (bicyclic) bond motifs is 6. The highest BCUT2D eigenvalue weighted by atomic mass is 14.9. The number of benzene rings is 10. The smallest absolute Gasteiger partial charge is 0.160 e. The molecule has 11 aromatic rings. The number of hydrogen-bond acceptors (Lipinski definition) is 2. The Labute approximate surface area is 355 Å². The van der Waals surface area contributed by atoms with E-state index in [9.17, 15) is 0 Å². The Bertz CT molecular complexity index is 3420. The van der Waals surface area contributed by atoms with Gasteiger partial charge in [-0.15, -0.1) is 0 Å². The van der Waals surface area contributed by atoms with Crippen LogP contribution in [0.15, 0.2) is 231 Å². The summed E-state index contributed by atoms with van der Waals surface area (Å²) in [7, 11) is 0. The molecule has 2 nitrogen and oxygen atoms in total. The van der Waals surface area contributed by atoms with Gasteiger partial charge in [-0.3, -0.25) is 0 Å². The van der Waals surface area contributed by atoms with Gasteiger partial charge in [0.05, 0.1) is 16.8 Å². The van der Waals surface area contributed by atoms with Crippen LogP contribution in [0.2, 0.25) is 0 Å². The Balaban J connectivity index is 1.06. The second-order valence-electron chi connectivity index (χ2n) is 16.1. The van der Waals surface area contributed by atoms with Crippen molar-refractivity contribution in [1.29, 1.82) is 0 Å². The quantitative estimate of drug-likeness (QED) is 0.168. The van der Waals surface area contributed by atoms with E-state index in [1.54, 1.807) is 0 Å². The zero-order valence-corrected chi connectivity index (χ0v) is 33.3. The van der Waals surface area contributed by atoms with E-state index in [-0.39, 0.29) is 0 Å². The summed E-state index contributed by atoms with van der Waals surface area (Å²) in [5.74, 6) is 0.708. The van der Waals surface area contributed by atoms with Gasteiger partial charge in [-0.05, 0) is 107 Å². The maximum absolute atomic E-state index is 5.27. The standard InChI is InChI=1S/C59H38N2/c1-4-17-40(18-5-1)58-60-56(45-29-28-39-16-10-11-19-41(39)34-45)38-57(61-58)51-32-31-48(49-26-14-15-27-50(49)51)44-30-33-54-52(36-44)53-35-42-20-12-13-21-43(42)37-55(53)59(54,46-22-6-2-7-23-46)47-24-8-3-9-25-47/h1-38H. The summed E-state index contributed by atoms with van der Waals surface area (Å²) >= 11 is 0. The van der Waals surface area contributed by atoms with Crippen LogP contribution in [-0.2, 0) is 5.41 Å². The SMILES string of the molecule is c1ccc(-c2nc(-c3ccc4ccccc4c3)cc(-c3ccc(-c4ccc5c(c4)-c4cc6ccccc6cc4C5(c4ccccc4)c4ccccc4)c4ccccc34)n2)cc1. The van der Waals surface area contributed by atoms with Gasteiger partial charge >= 0.3 is 0 Å². The van der Waals surface area contributed by atoms with Crippen LogP contribution in [0.3, 0.4) is 0 Å². The third-order valence-corrected chi connectivity index (χ3v) is 12.7. The van der Waals surface area contributed by atoms with Crippen molar-refractivity contribution < 1.29 is 0 Å². The molecule has 284 valence electrons. The molecule has 0 saturated heterocycles. The van der Waals surface area contributed by atoms with E-state index in [0.717, 1.165) is 33.5 Å². The average molecular weight is 775 g/mol. The molecule has 0 N–H and O–H groups in total. The number of aromatic nitrogens is 2. The summed E-state index contributed by atoms with van der Waals surface area (Å²) in [5.41, 5.74) is 14.5. The van der Waals surface area contributed by atoms with Gasteiger partial charge in [-0.25, -0.2) is 9.97 Å². The monoisotopic (exact) mass is 774 g/mol. The molecule has 0 spiro atoms. The molecule has 1 aliphatic carbocycles. The van der Waals surface area contributed by atoms with E-state index in [1.165, 1.54) is 71.4 Å². The molecule has 1 aliphatic rings. The third-order valence-electron chi connectivity index (χ3n) is 12.7. The molecule has 0 saturated carbocycles. The molecule has 0 radical (unpaired) electrons. The summed E-state index contributed by atoms with van der Waals surface area (Å²) in [6.45, 7) is 0. The minimum atomic E-state index is -0.478. The molecule has 61 heavy (non-hydrogen) atoms. The number of rotatable bonds is 6. The fraction of sp³-hybridized carbons (Fsp3) is 0.0169. The van der Waals surface area contributed by atoms with Crippen molar-refractivity contribution in [1.82, 2.24) is 9.97 Å². The highest BCUT2D eigenvalue weighted by Crippen LogP contribution is 2.57. The molecule has 0 bridgehead atoms. The van der Waals surface area contributed by atoms with Crippen LogP contribution in [0.4, 0.5) is 0 Å². The predicted octanol–water partition coefficient (Wildman–Crippen LogP) is 15.0. The van der Waals surface area contributed by atoms with Crippen LogP contribution in [-0.4, -0.2) is 9.97 Å². The Morgan fingerprint density at radius 2 is 0.803 bits per heavy atom. The van der Waals surface area contributed by atoms with E-state index < -0.39 is 5.41 Å². The van der Waals surface area contributed by atoms with Crippen molar-refractivity contribution in [2.24, 2.45) is 0 Å². The van der Waals surface area contributed by atoms with Crippen LogP contribution in [0.25, 0.3) is 88.5 Å². The molecule has 0 amide bonds. The lowest BCUT2D eigenvalue weighted by Gasteiger charge is -2.34. The van der Waals surface area contributed by atoms with Gasteiger partial charge in [0.25, 0.3) is 0 Å². The Kier molecular flexibility index (Phi) is 8.11.